The predicted molar refractivity (Wildman–Crippen MR) is 73.2 cm³/mol. The lowest BCUT2D eigenvalue weighted by atomic mass is 9.81. The summed E-state index contributed by atoms with van der Waals surface area (Å²) in [4.78, 5) is 4.35. The summed E-state index contributed by atoms with van der Waals surface area (Å²) in [5, 5.41) is 14.0. The molecule has 1 aromatic rings. The molecule has 6 heteroatoms. The number of anilines is 1. The van der Waals surface area contributed by atoms with Gasteiger partial charge in [0, 0.05) is 30.8 Å². The molecule has 0 saturated heterocycles. The summed E-state index contributed by atoms with van der Waals surface area (Å²) in [6.45, 7) is 0.752. The van der Waals surface area contributed by atoms with Crippen molar-refractivity contribution in [3.63, 3.8) is 0 Å². The van der Waals surface area contributed by atoms with Gasteiger partial charge in [-0.3, -0.25) is 0 Å². The standard InChI is InChI=1S/C12H14BrClN2O2/c1-18-8-3-12(2-7(8)17)5-16-11-9(12)10(14)6(13)4-15-11/h4,7-8,17H,2-3,5H2,1H3,(H,15,16)/t7-,8-,12-/m0/s1. The molecular weight excluding hydrogens is 320 g/mol. The van der Waals surface area contributed by atoms with Gasteiger partial charge in [0.1, 0.15) is 5.82 Å². The molecule has 2 aliphatic rings. The molecule has 1 spiro atoms. The van der Waals surface area contributed by atoms with Gasteiger partial charge in [0.2, 0.25) is 0 Å². The third-order valence-electron chi connectivity index (χ3n) is 4.02. The molecule has 0 radical (unpaired) electrons. The van der Waals surface area contributed by atoms with Gasteiger partial charge in [0.05, 0.1) is 21.7 Å². The van der Waals surface area contributed by atoms with Crippen LogP contribution in [0.15, 0.2) is 10.7 Å². The van der Waals surface area contributed by atoms with Crippen molar-refractivity contribution in [2.24, 2.45) is 0 Å². The van der Waals surface area contributed by atoms with Crippen LogP contribution in [0.1, 0.15) is 18.4 Å². The Balaban J connectivity index is 2.07. The van der Waals surface area contributed by atoms with E-state index in [-0.39, 0.29) is 11.5 Å². The SMILES string of the molecule is CO[C@H]1C[C@]2(CNc3ncc(Br)c(Cl)c32)C[C@@H]1O. The number of aliphatic hydroxyl groups excluding tert-OH is 1. The summed E-state index contributed by atoms with van der Waals surface area (Å²) < 4.78 is 6.14. The van der Waals surface area contributed by atoms with Crippen LogP contribution in [0.4, 0.5) is 5.82 Å². The molecular formula is C12H14BrClN2O2. The smallest absolute Gasteiger partial charge is 0.131 e. The van der Waals surface area contributed by atoms with E-state index in [1.807, 2.05) is 0 Å². The van der Waals surface area contributed by atoms with Gasteiger partial charge in [0.25, 0.3) is 0 Å². The molecule has 0 amide bonds. The number of hydrogen-bond acceptors (Lipinski definition) is 4. The maximum atomic E-state index is 10.1. The number of nitrogens with zero attached hydrogens (tertiary/aromatic N) is 1. The van der Waals surface area contributed by atoms with Crippen molar-refractivity contribution in [1.29, 1.82) is 0 Å². The molecule has 1 fully saturated rings. The van der Waals surface area contributed by atoms with Crippen molar-refractivity contribution in [2.45, 2.75) is 30.5 Å². The summed E-state index contributed by atoms with van der Waals surface area (Å²) in [5.41, 5.74) is 0.848. The summed E-state index contributed by atoms with van der Waals surface area (Å²) >= 11 is 9.81. The topological polar surface area (TPSA) is 54.4 Å². The number of methoxy groups -OCH3 is 1. The molecule has 4 nitrogen and oxygen atoms in total. The number of fused-ring (bicyclic) bond motifs is 2. The summed E-state index contributed by atoms with van der Waals surface area (Å²) in [7, 11) is 1.64. The quantitative estimate of drug-likeness (QED) is 0.828. The van der Waals surface area contributed by atoms with Gasteiger partial charge in [-0.25, -0.2) is 4.98 Å². The van der Waals surface area contributed by atoms with Crippen molar-refractivity contribution in [1.82, 2.24) is 4.98 Å². The molecule has 2 heterocycles. The fraction of sp³-hybridized carbons (Fsp3) is 0.583. The first-order valence-electron chi connectivity index (χ1n) is 5.86. The molecule has 0 bridgehead atoms. The largest absolute Gasteiger partial charge is 0.390 e. The highest BCUT2D eigenvalue weighted by atomic mass is 79.9. The van der Waals surface area contributed by atoms with Gasteiger partial charge < -0.3 is 15.2 Å². The van der Waals surface area contributed by atoms with E-state index in [2.05, 4.69) is 26.2 Å². The van der Waals surface area contributed by atoms with Crippen molar-refractivity contribution in [3.05, 3.63) is 21.3 Å². The maximum absolute atomic E-state index is 10.1. The average Bonchev–Trinajstić information content (AvgIpc) is 2.86. The Bertz CT molecular complexity index is 499. The molecule has 0 unspecified atom stereocenters. The second-order valence-electron chi connectivity index (χ2n) is 5.03. The van der Waals surface area contributed by atoms with Crippen molar-refractivity contribution >= 4 is 33.3 Å². The molecule has 18 heavy (non-hydrogen) atoms. The van der Waals surface area contributed by atoms with Crippen LogP contribution >= 0.6 is 27.5 Å². The fourth-order valence-electron chi connectivity index (χ4n) is 3.15. The van der Waals surface area contributed by atoms with Crippen LogP contribution in [-0.4, -0.2) is 36.0 Å². The summed E-state index contributed by atoms with van der Waals surface area (Å²) in [5.74, 6) is 0.826. The molecule has 3 rings (SSSR count). The molecule has 1 aliphatic heterocycles. The second-order valence-corrected chi connectivity index (χ2v) is 6.26. The minimum Gasteiger partial charge on any atom is -0.390 e. The van der Waals surface area contributed by atoms with Crippen LogP contribution in [0.3, 0.4) is 0 Å². The average molecular weight is 334 g/mol. The van der Waals surface area contributed by atoms with Gasteiger partial charge >= 0.3 is 0 Å². The highest BCUT2D eigenvalue weighted by Gasteiger charge is 2.51. The van der Waals surface area contributed by atoms with Gasteiger partial charge in [-0.2, -0.15) is 0 Å². The monoisotopic (exact) mass is 332 g/mol. The van der Waals surface area contributed by atoms with E-state index in [4.69, 9.17) is 16.3 Å². The number of nitrogens with one attached hydrogen (secondary N) is 1. The minimum absolute atomic E-state index is 0.132. The third kappa shape index (κ3) is 1.68. The lowest BCUT2D eigenvalue weighted by Gasteiger charge is -2.23. The zero-order valence-electron chi connectivity index (χ0n) is 9.91. The van der Waals surface area contributed by atoms with Crippen LogP contribution in [0, 0.1) is 0 Å². The summed E-state index contributed by atoms with van der Waals surface area (Å²) in [6, 6.07) is 0. The normalized spacial score (nSPS) is 33.8. The Hall–Kier alpha value is -0.360. The van der Waals surface area contributed by atoms with Gasteiger partial charge in [-0.1, -0.05) is 11.6 Å². The molecule has 1 saturated carbocycles. The van der Waals surface area contributed by atoms with Gasteiger partial charge in [-0.05, 0) is 28.8 Å². The Kier molecular flexibility index (Phi) is 3.05. The first kappa shape index (κ1) is 12.7. The van der Waals surface area contributed by atoms with E-state index in [0.29, 0.717) is 11.4 Å². The van der Waals surface area contributed by atoms with Crippen LogP contribution in [0.2, 0.25) is 5.02 Å². The Labute approximate surface area is 119 Å². The number of pyridine rings is 1. The molecule has 1 aromatic heterocycles. The number of rotatable bonds is 1. The fourth-order valence-corrected chi connectivity index (χ4v) is 3.79. The zero-order valence-corrected chi connectivity index (χ0v) is 12.3. The van der Waals surface area contributed by atoms with Crippen LogP contribution < -0.4 is 5.32 Å². The molecule has 98 valence electrons. The van der Waals surface area contributed by atoms with E-state index in [1.54, 1.807) is 13.3 Å². The second kappa shape index (κ2) is 4.34. The first-order valence-corrected chi connectivity index (χ1v) is 7.04. The lowest BCUT2D eigenvalue weighted by Crippen LogP contribution is -2.26. The lowest BCUT2D eigenvalue weighted by molar-refractivity contribution is 0.00973. The summed E-state index contributed by atoms with van der Waals surface area (Å²) in [6.07, 6.45) is 2.55. The van der Waals surface area contributed by atoms with E-state index < -0.39 is 6.10 Å². The predicted octanol–water partition coefficient (Wildman–Crippen LogP) is 2.33. The number of halogens is 2. The molecule has 3 atom stereocenters. The Morgan fingerprint density at radius 1 is 1.61 bits per heavy atom. The highest BCUT2D eigenvalue weighted by molar-refractivity contribution is 9.10. The van der Waals surface area contributed by atoms with Gasteiger partial charge in [-0.15, -0.1) is 0 Å². The molecule has 2 N–H and O–H groups in total. The Morgan fingerprint density at radius 2 is 2.39 bits per heavy atom. The number of aromatic nitrogens is 1. The van der Waals surface area contributed by atoms with Crippen LogP contribution in [0.25, 0.3) is 0 Å². The van der Waals surface area contributed by atoms with Crippen molar-refractivity contribution in [2.75, 3.05) is 19.0 Å². The van der Waals surface area contributed by atoms with E-state index in [0.717, 1.165) is 28.8 Å². The van der Waals surface area contributed by atoms with E-state index in [9.17, 15) is 5.11 Å². The van der Waals surface area contributed by atoms with Crippen LogP contribution in [-0.2, 0) is 10.2 Å². The van der Waals surface area contributed by atoms with E-state index in [1.165, 1.54) is 0 Å². The number of ether oxygens (including phenoxy) is 1. The third-order valence-corrected chi connectivity index (χ3v) is 5.24. The van der Waals surface area contributed by atoms with Crippen molar-refractivity contribution < 1.29 is 9.84 Å². The Morgan fingerprint density at radius 3 is 3.06 bits per heavy atom. The maximum Gasteiger partial charge on any atom is 0.131 e. The minimum atomic E-state index is -0.446. The molecule has 0 aromatic carbocycles. The van der Waals surface area contributed by atoms with Crippen molar-refractivity contribution in [3.8, 4) is 0 Å². The van der Waals surface area contributed by atoms with E-state index >= 15 is 0 Å². The van der Waals surface area contributed by atoms with Gasteiger partial charge in [0.15, 0.2) is 0 Å². The number of aliphatic hydroxyl groups is 1. The molecule has 1 aliphatic carbocycles. The first-order chi connectivity index (χ1) is 8.57. The zero-order chi connectivity index (χ0) is 12.9. The number of hydrogen-bond donors (Lipinski definition) is 2. The highest BCUT2D eigenvalue weighted by Crippen LogP contribution is 2.51. The van der Waals surface area contributed by atoms with Crippen LogP contribution in [0.5, 0.6) is 0 Å².